The number of guanidine groups is 1. The van der Waals surface area contributed by atoms with Gasteiger partial charge in [-0.3, -0.25) is 82.1 Å². The number of aliphatic hydroxyl groups excluding tert-OH is 2. The summed E-state index contributed by atoms with van der Waals surface area (Å²) in [5.41, 5.74) is 18.8. The number of hydrogen-bond donors (Lipinski definition) is 22. The number of imidazole rings is 1. The zero-order chi connectivity index (χ0) is 86.9. The molecule has 2 saturated heterocycles. The highest BCUT2D eigenvalue weighted by molar-refractivity contribution is 6.00. The molecule has 642 valence electrons. The Balaban J connectivity index is 1.10. The van der Waals surface area contributed by atoms with Crippen LogP contribution in [0.5, 0.6) is 5.75 Å². The number of aromatic amines is 1. The molecule has 0 unspecified atom stereocenters. The number of aliphatic hydroxyl groups is 2. The van der Waals surface area contributed by atoms with E-state index in [1.54, 1.807) is 74.5 Å². The van der Waals surface area contributed by atoms with Crippen molar-refractivity contribution in [2.24, 2.45) is 23.1 Å². The fourth-order valence-electron chi connectivity index (χ4n) is 13.0. The van der Waals surface area contributed by atoms with Crippen LogP contribution in [0.2, 0.25) is 0 Å². The van der Waals surface area contributed by atoms with Gasteiger partial charge < -0.3 is 122 Å². The summed E-state index contributed by atoms with van der Waals surface area (Å²) < 4.78 is 0. The van der Waals surface area contributed by atoms with Crippen molar-refractivity contribution in [2.75, 3.05) is 39.4 Å². The Morgan fingerprint density at radius 1 is 0.517 bits per heavy atom. The molecule has 2 aliphatic rings. The van der Waals surface area contributed by atoms with Crippen LogP contribution < -0.4 is 86.3 Å². The number of likely N-dealkylation sites (tertiary alicyclic amines) is 2. The van der Waals surface area contributed by atoms with Crippen molar-refractivity contribution in [1.29, 1.82) is 5.41 Å². The van der Waals surface area contributed by atoms with Crippen LogP contribution in [-0.4, -0.2) is 265 Å². The summed E-state index contributed by atoms with van der Waals surface area (Å²) >= 11 is 0. The third kappa shape index (κ3) is 29.6. The van der Waals surface area contributed by atoms with Crippen LogP contribution in [0.1, 0.15) is 115 Å². The number of aliphatic carboxylic acids is 1. The van der Waals surface area contributed by atoms with Gasteiger partial charge >= 0.3 is 5.97 Å². The summed E-state index contributed by atoms with van der Waals surface area (Å²) in [6.45, 7) is 4.71. The molecule has 0 radical (unpaired) electrons. The average molecular weight is 1650 g/mol. The van der Waals surface area contributed by atoms with Gasteiger partial charge in [0.25, 0.3) is 0 Å². The number of carbonyl (C=O) groups excluding carboxylic acids is 15. The Bertz CT molecular complexity index is 4150. The topological polar surface area (TPSA) is 647 Å². The number of primary amides is 1. The molecule has 15 atom stereocenters. The Morgan fingerprint density at radius 2 is 0.975 bits per heavy atom. The Labute approximate surface area is 680 Å². The standard InChI is InChI=1S/C77H109N21O20/c1-6-41(2)62(96-71(113)53(32-45-16-9-7-10-17-45)89-60(102)37-84-67(109)52(34-47-23-25-49(101)26-24-47)93-73(115)59-22-15-31-98(59)75(117)50(78)27-28-61(103)104)74(116)88-44(5)66(108)91-54(33-46-18-11-8-12-19-46)69(111)94-56(38-99)72(114)90-51(20-13-29-83-77(80)81)68(110)87-42(3)64(106)86-43(4)65(107)92-55(35-48-36-82-40-85-48)70(112)95-57(39-100)76(118)97-30-14-21-58(97)63(79)105/h7-12,16-19,23-26,36,40-44,50-59,62,99-101H,6,13-15,20-22,27-35,37-39,78H2,1-5H3,(H2,79,105)(H,82,85)(H,84,109)(H,86,106)(H,87,110)(H,88,116)(H,89,102)(H,90,114)(H,91,108)(H,92,107)(H,93,115)(H,94,111)(H,95,112)(H,96,113)(H,103,104)(H4,80,81,83)/t41-,42-,43-,44-,50-,51-,52-,53-,54-,55-,56-,57-,58-,59-,62-/m0/s1. The van der Waals surface area contributed by atoms with Crippen LogP contribution in [0, 0.1) is 11.3 Å². The number of nitrogens with two attached hydrogens (primary N) is 3. The minimum Gasteiger partial charge on any atom is -0.508 e. The van der Waals surface area contributed by atoms with E-state index in [1.165, 1.54) is 62.5 Å². The van der Waals surface area contributed by atoms with E-state index in [0.29, 0.717) is 29.5 Å². The summed E-state index contributed by atoms with van der Waals surface area (Å²) in [7, 11) is 0. The SMILES string of the molecule is CC[C@H](C)[C@H](NC(=O)[C@H](Cc1ccccc1)NC(=O)CNC(=O)[C@H](Cc1ccc(O)cc1)NC(=O)[C@@H]1CCCN1C(=O)[C@@H](N)CCC(=O)O)C(=O)N[C@@H](C)C(=O)N[C@@H](Cc1ccccc1)C(=O)N[C@@H](CO)C(=O)N[C@@H](CCCNC(=N)N)C(=O)N[C@@H](C)C(=O)N[C@@H](C)C(=O)N[C@@H](Cc1c[nH]cn1)C(=O)N[C@@H](CO)C(=O)N1CCC[C@H]1C(N)=O. The van der Waals surface area contributed by atoms with Gasteiger partial charge in [0.15, 0.2) is 5.96 Å². The fraction of sp³-hybridized carbons (Fsp3) is 0.506. The van der Waals surface area contributed by atoms with Crippen LogP contribution in [0.15, 0.2) is 97.5 Å². The summed E-state index contributed by atoms with van der Waals surface area (Å²) in [4.78, 5) is 228. The zero-order valence-electron chi connectivity index (χ0n) is 66.2. The lowest BCUT2D eigenvalue weighted by Gasteiger charge is -2.29. The molecule has 1 aromatic heterocycles. The van der Waals surface area contributed by atoms with Gasteiger partial charge in [-0.2, -0.15) is 0 Å². The molecule has 41 nitrogen and oxygen atoms in total. The number of rotatable bonds is 46. The predicted molar refractivity (Wildman–Crippen MR) is 422 cm³/mol. The Morgan fingerprint density at radius 3 is 1.50 bits per heavy atom. The highest BCUT2D eigenvalue weighted by Gasteiger charge is 2.41. The number of aromatic hydroxyl groups is 1. The van der Waals surface area contributed by atoms with Crippen LogP contribution in [0.3, 0.4) is 0 Å². The molecule has 0 spiro atoms. The number of H-pyrrole nitrogens is 1. The largest absolute Gasteiger partial charge is 0.508 e. The first kappa shape index (κ1) is 94.2. The predicted octanol–water partition coefficient (Wildman–Crippen LogP) is -6.15. The van der Waals surface area contributed by atoms with E-state index in [0.717, 1.165) is 4.90 Å². The molecule has 25 N–H and O–H groups in total. The highest BCUT2D eigenvalue weighted by atomic mass is 16.4. The van der Waals surface area contributed by atoms with Gasteiger partial charge in [0, 0.05) is 57.9 Å². The second-order valence-corrected chi connectivity index (χ2v) is 29.0. The summed E-state index contributed by atoms with van der Waals surface area (Å²) in [6, 6.07) is 2.72. The highest BCUT2D eigenvalue weighted by Crippen LogP contribution is 2.22. The van der Waals surface area contributed by atoms with Gasteiger partial charge in [-0.15, -0.1) is 0 Å². The Kier molecular flexibility index (Phi) is 37.3. The molecular formula is C77H109N21O20. The Hall–Kier alpha value is -12.7. The lowest BCUT2D eigenvalue weighted by atomic mass is 9.96. The molecule has 4 aromatic rings. The maximum atomic E-state index is 14.6. The van der Waals surface area contributed by atoms with Crippen LogP contribution in [0.25, 0.3) is 0 Å². The van der Waals surface area contributed by atoms with E-state index in [2.05, 4.69) is 79.1 Å². The smallest absolute Gasteiger partial charge is 0.303 e. The number of carbonyl (C=O) groups is 16. The molecular weight excluding hydrogens is 1540 g/mol. The van der Waals surface area contributed by atoms with E-state index >= 15 is 0 Å². The van der Waals surface area contributed by atoms with Gasteiger partial charge in [-0.25, -0.2) is 4.98 Å². The monoisotopic (exact) mass is 1650 g/mol. The van der Waals surface area contributed by atoms with E-state index < -0.39 is 211 Å². The molecule has 2 aliphatic heterocycles. The van der Waals surface area contributed by atoms with Gasteiger partial charge in [0.2, 0.25) is 88.6 Å². The maximum absolute atomic E-state index is 14.6. The number of carboxylic acids is 1. The summed E-state index contributed by atoms with van der Waals surface area (Å²) in [5.74, 6) is -15.7. The normalized spacial score (nSPS) is 16.9. The molecule has 0 saturated carbocycles. The number of nitrogens with one attached hydrogen (secondary N) is 15. The van der Waals surface area contributed by atoms with Gasteiger partial charge in [-0.1, -0.05) is 93.1 Å². The molecule has 2 fully saturated rings. The third-order valence-corrected chi connectivity index (χ3v) is 19.9. The van der Waals surface area contributed by atoms with Gasteiger partial charge in [0.05, 0.1) is 37.8 Å². The van der Waals surface area contributed by atoms with Crippen molar-refractivity contribution in [3.8, 4) is 5.75 Å². The van der Waals surface area contributed by atoms with Crippen molar-refractivity contribution >= 4 is 101 Å². The van der Waals surface area contributed by atoms with Gasteiger partial charge in [-0.05, 0) is 100 Å². The van der Waals surface area contributed by atoms with E-state index in [4.69, 9.17) is 27.7 Å². The number of aromatic nitrogens is 2. The molecule has 6 rings (SSSR count). The van der Waals surface area contributed by atoms with Crippen molar-refractivity contribution in [2.45, 2.75) is 203 Å². The van der Waals surface area contributed by atoms with Crippen molar-refractivity contribution in [3.63, 3.8) is 0 Å². The van der Waals surface area contributed by atoms with Crippen molar-refractivity contribution in [3.05, 3.63) is 120 Å². The molecule has 15 amide bonds. The summed E-state index contributed by atoms with van der Waals surface area (Å²) in [6.07, 6.45) is 2.80. The molecule has 41 heteroatoms. The van der Waals surface area contributed by atoms with E-state index in [9.17, 15) is 92.0 Å². The number of phenols is 1. The number of benzene rings is 3. The minimum absolute atomic E-state index is 0.00145. The number of carboxylic acid groups (broad SMARTS) is 1. The molecule has 0 aliphatic carbocycles. The van der Waals surface area contributed by atoms with Crippen molar-refractivity contribution < 1.29 is 97.1 Å². The molecule has 0 bridgehead atoms. The zero-order valence-corrected chi connectivity index (χ0v) is 66.2. The third-order valence-electron chi connectivity index (χ3n) is 19.9. The van der Waals surface area contributed by atoms with Crippen LogP contribution in [-0.2, 0) is 102 Å². The first-order valence-electron chi connectivity index (χ1n) is 38.7. The first-order valence-corrected chi connectivity index (χ1v) is 38.7. The number of phenolic OH excluding ortho intramolecular Hbond substituents is 1. The average Bonchev–Trinajstić information content (AvgIpc) is 1.70. The lowest BCUT2D eigenvalue weighted by Crippen LogP contribution is -2.61. The van der Waals surface area contributed by atoms with Crippen LogP contribution >= 0.6 is 0 Å². The van der Waals surface area contributed by atoms with E-state index in [-0.39, 0.29) is 102 Å². The second kappa shape index (κ2) is 46.8. The lowest BCUT2D eigenvalue weighted by molar-refractivity contribution is -0.142. The van der Waals surface area contributed by atoms with Crippen LogP contribution in [0.4, 0.5) is 0 Å². The molecule has 118 heavy (non-hydrogen) atoms. The number of hydrogen-bond acceptors (Lipinski definition) is 22. The quantitative estimate of drug-likeness (QED) is 0.0111. The van der Waals surface area contributed by atoms with Gasteiger partial charge in [0.1, 0.15) is 84.3 Å². The minimum atomic E-state index is -1.83. The molecule has 3 heterocycles. The summed E-state index contributed by atoms with van der Waals surface area (Å²) in [5, 5.41) is 80.4. The number of amides is 15. The van der Waals surface area contributed by atoms with Crippen molar-refractivity contribution in [1.82, 2.24) is 88.9 Å². The van der Waals surface area contributed by atoms with E-state index in [1.807, 2.05) is 0 Å². The molecule has 3 aromatic carbocycles. The number of nitrogens with zero attached hydrogens (tertiary/aromatic N) is 3. The second-order valence-electron chi connectivity index (χ2n) is 29.0. The maximum Gasteiger partial charge on any atom is 0.303 e. The fourth-order valence-corrected chi connectivity index (χ4v) is 13.0. The first-order chi connectivity index (χ1) is 56.1.